The van der Waals surface area contributed by atoms with Gasteiger partial charge < -0.3 is 10.2 Å². The van der Waals surface area contributed by atoms with E-state index in [0.29, 0.717) is 18.7 Å². The Bertz CT molecular complexity index is 716. The van der Waals surface area contributed by atoms with Crippen LogP contribution in [0.15, 0.2) is 54.6 Å². The minimum Gasteiger partial charge on any atom is -0.343 e. The summed E-state index contributed by atoms with van der Waals surface area (Å²) in [6.45, 7) is 1.25. The van der Waals surface area contributed by atoms with Gasteiger partial charge in [-0.15, -0.1) is 0 Å². The van der Waals surface area contributed by atoms with E-state index in [1.54, 1.807) is 41.3 Å². The smallest absolute Gasteiger partial charge is 0.251 e. The third-order valence-electron chi connectivity index (χ3n) is 4.32. The van der Waals surface area contributed by atoms with Crippen LogP contribution < -0.4 is 5.32 Å². The van der Waals surface area contributed by atoms with Crippen molar-refractivity contribution in [3.05, 3.63) is 71.5 Å². The van der Waals surface area contributed by atoms with Crippen molar-refractivity contribution in [2.45, 2.75) is 12.3 Å². The summed E-state index contributed by atoms with van der Waals surface area (Å²) < 4.78 is 13.0. The highest BCUT2D eigenvalue weighted by Gasteiger charge is 2.27. The fraction of sp³-hybridized carbons (Fsp3) is 0.263. The largest absolute Gasteiger partial charge is 0.343 e. The predicted octanol–water partition coefficient (Wildman–Crippen LogP) is 2.57. The summed E-state index contributed by atoms with van der Waals surface area (Å²) >= 11 is 0. The van der Waals surface area contributed by atoms with Gasteiger partial charge in [0, 0.05) is 24.6 Å². The van der Waals surface area contributed by atoms with E-state index in [2.05, 4.69) is 5.32 Å². The Kier molecular flexibility index (Phi) is 4.89. The number of hydrogen-bond donors (Lipinski definition) is 1. The van der Waals surface area contributed by atoms with Crippen molar-refractivity contribution in [1.29, 1.82) is 0 Å². The second-order valence-electron chi connectivity index (χ2n) is 5.93. The molecule has 1 saturated heterocycles. The third kappa shape index (κ3) is 3.79. The summed E-state index contributed by atoms with van der Waals surface area (Å²) in [5.74, 6) is -0.380. The average molecular weight is 326 g/mol. The van der Waals surface area contributed by atoms with Crippen LogP contribution >= 0.6 is 0 Å². The van der Waals surface area contributed by atoms with Gasteiger partial charge in [0.15, 0.2) is 0 Å². The fourth-order valence-electron chi connectivity index (χ4n) is 2.95. The van der Waals surface area contributed by atoms with Crippen LogP contribution in [-0.2, 0) is 4.79 Å². The number of nitrogens with zero attached hydrogens (tertiary/aromatic N) is 1. The van der Waals surface area contributed by atoms with Crippen LogP contribution in [0, 0.1) is 5.82 Å². The van der Waals surface area contributed by atoms with E-state index in [0.717, 1.165) is 12.0 Å². The average Bonchev–Trinajstić information content (AvgIpc) is 3.11. The van der Waals surface area contributed by atoms with Crippen LogP contribution in [0.3, 0.4) is 0 Å². The number of amides is 2. The topological polar surface area (TPSA) is 49.4 Å². The van der Waals surface area contributed by atoms with Crippen LogP contribution in [0.25, 0.3) is 0 Å². The Morgan fingerprint density at radius 3 is 2.50 bits per heavy atom. The number of benzene rings is 2. The maximum Gasteiger partial charge on any atom is 0.251 e. The van der Waals surface area contributed by atoms with Gasteiger partial charge in [-0.3, -0.25) is 9.59 Å². The van der Waals surface area contributed by atoms with Crippen LogP contribution in [-0.4, -0.2) is 36.3 Å². The van der Waals surface area contributed by atoms with Gasteiger partial charge in [-0.25, -0.2) is 4.39 Å². The molecule has 4 nitrogen and oxygen atoms in total. The summed E-state index contributed by atoms with van der Waals surface area (Å²) in [5, 5.41) is 2.66. The summed E-state index contributed by atoms with van der Waals surface area (Å²) in [7, 11) is 0. The van der Waals surface area contributed by atoms with Crippen LogP contribution in [0.4, 0.5) is 4.39 Å². The maximum atomic E-state index is 13.0. The molecule has 0 radical (unpaired) electrons. The molecular weight excluding hydrogens is 307 g/mol. The van der Waals surface area contributed by atoms with E-state index in [1.165, 1.54) is 12.1 Å². The molecule has 1 atom stereocenters. The van der Waals surface area contributed by atoms with Crippen molar-refractivity contribution >= 4 is 11.8 Å². The van der Waals surface area contributed by atoms with Crippen molar-refractivity contribution in [2.75, 3.05) is 19.6 Å². The minimum absolute atomic E-state index is 0.0101. The van der Waals surface area contributed by atoms with Gasteiger partial charge in [0.05, 0.1) is 6.54 Å². The second-order valence-corrected chi connectivity index (χ2v) is 5.93. The number of nitrogens with one attached hydrogen (secondary N) is 1. The summed E-state index contributed by atoms with van der Waals surface area (Å²) in [4.78, 5) is 26.0. The highest BCUT2D eigenvalue weighted by molar-refractivity contribution is 5.96. The van der Waals surface area contributed by atoms with Gasteiger partial charge in [-0.05, 0) is 36.2 Å². The van der Waals surface area contributed by atoms with Crippen LogP contribution in [0.5, 0.6) is 0 Å². The number of carbonyl (C=O) groups excluding carboxylic acids is 2. The minimum atomic E-state index is -0.256. The standard InChI is InChI=1S/C19H19FN2O2/c20-17-8-6-14(7-9-17)16-10-11-22(13-16)18(23)12-21-19(24)15-4-2-1-3-5-15/h1-9,16H,10-13H2,(H,21,24)/t16-/m1/s1. The zero-order valence-corrected chi connectivity index (χ0v) is 13.2. The van der Waals surface area contributed by atoms with Gasteiger partial charge in [0.1, 0.15) is 5.82 Å². The maximum absolute atomic E-state index is 13.0. The van der Waals surface area contributed by atoms with Crippen molar-refractivity contribution in [3.8, 4) is 0 Å². The van der Waals surface area contributed by atoms with E-state index < -0.39 is 0 Å². The molecule has 1 fully saturated rings. The van der Waals surface area contributed by atoms with Crippen LogP contribution in [0.2, 0.25) is 0 Å². The molecule has 1 N–H and O–H groups in total. The van der Waals surface area contributed by atoms with Crippen LogP contribution in [0.1, 0.15) is 28.3 Å². The number of rotatable bonds is 4. The Balaban J connectivity index is 1.51. The molecule has 0 bridgehead atoms. The van der Waals surface area contributed by atoms with Crippen molar-refractivity contribution in [3.63, 3.8) is 0 Å². The molecule has 24 heavy (non-hydrogen) atoms. The Morgan fingerprint density at radius 2 is 1.79 bits per heavy atom. The monoisotopic (exact) mass is 326 g/mol. The lowest BCUT2D eigenvalue weighted by atomic mass is 9.99. The zero-order chi connectivity index (χ0) is 16.9. The lowest BCUT2D eigenvalue weighted by Crippen LogP contribution is -2.39. The fourth-order valence-corrected chi connectivity index (χ4v) is 2.95. The molecule has 2 aromatic carbocycles. The van der Waals surface area contributed by atoms with E-state index in [-0.39, 0.29) is 30.1 Å². The number of carbonyl (C=O) groups is 2. The summed E-state index contributed by atoms with van der Waals surface area (Å²) in [6, 6.07) is 15.2. The lowest BCUT2D eigenvalue weighted by Gasteiger charge is -2.17. The summed E-state index contributed by atoms with van der Waals surface area (Å²) in [5.41, 5.74) is 1.58. The first-order chi connectivity index (χ1) is 11.6. The SMILES string of the molecule is O=C(NCC(=O)N1CC[C@@H](c2ccc(F)cc2)C1)c1ccccc1. The highest BCUT2D eigenvalue weighted by atomic mass is 19.1. The van der Waals surface area contributed by atoms with Gasteiger partial charge >= 0.3 is 0 Å². The zero-order valence-electron chi connectivity index (χ0n) is 13.2. The van der Waals surface area contributed by atoms with Crippen molar-refractivity contribution in [2.24, 2.45) is 0 Å². The third-order valence-corrected chi connectivity index (χ3v) is 4.32. The molecule has 0 saturated carbocycles. The van der Waals surface area contributed by atoms with Crippen molar-refractivity contribution in [1.82, 2.24) is 10.2 Å². The first-order valence-corrected chi connectivity index (χ1v) is 8.00. The molecule has 1 heterocycles. The first-order valence-electron chi connectivity index (χ1n) is 8.00. The molecule has 2 amide bonds. The second kappa shape index (κ2) is 7.25. The molecule has 5 heteroatoms. The lowest BCUT2D eigenvalue weighted by molar-refractivity contribution is -0.129. The highest BCUT2D eigenvalue weighted by Crippen LogP contribution is 2.27. The molecule has 1 aliphatic rings. The molecule has 0 aromatic heterocycles. The van der Waals surface area contributed by atoms with E-state index in [1.807, 2.05) is 6.07 Å². The molecule has 0 unspecified atom stereocenters. The Morgan fingerprint density at radius 1 is 1.08 bits per heavy atom. The van der Waals surface area contributed by atoms with E-state index in [9.17, 15) is 14.0 Å². The van der Waals surface area contributed by atoms with Crippen molar-refractivity contribution < 1.29 is 14.0 Å². The van der Waals surface area contributed by atoms with Gasteiger partial charge in [-0.1, -0.05) is 30.3 Å². The number of hydrogen-bond acceptors (Lipinski definition) is 2. The van der Waals surface area contributed by atoms with E-state index >= 15 is 0 Å². The van der Waals surface area contributed by atoms with Gasteiger partial charge in [0.2, 0.25) is 5.91 Å². The molecule has 0 spiro atoms. The normalized spacial score (nSPS) is 16.9. The van der Waals surface area contributed by atoms with Gasteiger partial charge in [-0.2, -0.15) is 0 Å². The quantitative estimate of drug-likeness (QED) is 0.939. The Labute approximate surface area is 140 Å². The predicted molar refractivity (Wildman–Crippen MR) is 89.1 cm³/mol. The van der Waals surface area contributed by atoms with E-state index in [4.69, 9.17) is 0 Å². The number of likely N-dealkylation sites (tertiary alicyclic amines) is 1. The molecule has 1 aliphatic heterocycles. The van der Waals surface area contributed by atoms with Gasteiger partial charge in [0.25, 0.3) is 5.91 Å². The Hall–Kier alpha value is -2.69. The number of halogens is 1. The molecule has 124 valence electrons. The molecular formula is C19H19FN2O2. The summed E-state index contributed by atoms with van der Waals surface area (Å²) in [6.07, 6.45) is 0.851. The first kappa shape index (κ1) is 16.2. The molecule has 0 aliphatic carbocycles. The molecule has 2 aromatic rings. The molecule has 3 rings (SSSR count).